The second-order valence-corrected chi connectivity index (χ2v) is 5.45. The van der Waals surface area contributed by atoms with Crippen LogP contribution in [-0.2, 0) is 11.2 Å². The number of carbonyl (C=O) groups excluding carboxylic acids is 1. The molecule has 1 aromatic carbocycles. The Balaban J connectivity index is 1.84. The van der Waals surface area contributed by atoms with Crippen molar-refractivity contribution in [1.82, 2.24) is 10.2 Å². The van der Waals surface area contributed by atoms with Crippen molar-refractivity contribution in [2.24, 2.45) is 0 Å². The Kier molecular flexibility index (Phi) is 3.49. The molecular weight excluding hydrogens is 252 g/mol. The lowest BCUT2D eigenvalue weighted by Crippen LogP contribution is -2.46. The van der Waals surface area contributed by atoms with Crippen LogP contribution >= 0.6 is 0 Å². The van der Waals surface area contributed by atoms with Crippen LogP contribution in [0.2, 0.25) is 0 Å². The molecule has 0 saturated carbocycles. The van der Waals surface area contributed by atoms with Gasteiger partial charge >= 0.3 is 0 Å². The third-order valence-corrected chi connectivity index (χ3v) is 4.15. The van der Waals surface area contributed by atoms with Gasteiger partial charge in [-0.15, -0.1) is 0 Å². The summed E-state index contributed by atoms with van der Waals surface area (Å²) in [6.07, 6.45) is 2.16. The minimum atomic E-state index is 0.187. The summed E-state index contributed by atoms with van der Waals surface area (Å²) in [5.41, 5.74) is 4.27. The lowest BCUT2D eigenvalue weighted by atomic mass is 10.0. The first kappa shape index (κ1) is 13.2. The van der Waals surface area contributed by atoms with E-state index in [2.05, 4.69) is 31.3 Å². The molecule has 4 nitrogen and oxygen atoms in total. The quantitative estimate of drug-likeness (QED) is 0.909. The third-order valence-electron chi connectivity index (χ3n) is 4.15. The fourth-order valence-electron chi connectivity index (χ4n) is 2.71. The monoisotopic (exact) mass is 272 g/mol. The number of hydrogen-bond acceptors (Lipinski definition) is 3. The second kappa shape index (κ2) is 5.29. The highest BCUT2D eigenvalue weighted by molar-refractivity contribution is 5.89. The molecule has 1 saturated heterocycles. The topological polar surface area (TPSA) is 45.5 Å². The lowest BCUT2D eigenvalue weighted by Gasteiger charge is -2.27. The van der Waals surface area contributed by atoms with E-state index in [1.54, 1.807) is 6.26 Å². The smallest absolute Gasteiger partial charge is 0.227 e. The maximum absolute atomic E-state index is 12.3. The van der Waals surface area contributed by atoms with Gasteiger partial charge in [0.05, 0.1) is 12.7 Å². The Hall–Kier alpha value is -1.81. The molecule has 1 N–H and O–H groups in total. The minimum absolute atomic E-state index is 0.187. The van der Waals surface area contributed by atoms with E-state index in [1.807, 2.05) is 4.90 Å². The molecule has 0 bridgehead atoms. The molecule has 106 valence electrons. The van der Waals surface area contributed by atoms with Gasteiger partial charge in [-0.1, -0.05) is 12.1 Å². The van der Waals surface area contributed by atoms with Crippen molar-refractivity contribution in [3.63, 3.8) is 0 Å². The average molecular weight is 272 g/mol. The molecule has 1 aromatic heterocycles. The average Bonchev–Trinajstić information content (AvgIpc) is 2.87. The van der Waals surface area contributed by atoms with Gasteiger partial charge in [0.25, 0.3) is 0 Å². The molecule has 0 aliphatic carbocycles. The molecule has 4 heteroatoms. The highest BCUT2D eigenvalue weighted by atomic mass is 16.3. The first-order valence-corrected chi connectivity index (χ1v) is 7.11. The Morgan fingerprint density at radius 3 is 2.80 bits per heavy atom. The molecule has 0 unspecified atom stereocenters. The van der Waals surface area contributed by atoms with Crippen molar-refractivity contribution in [3.8, 4) is 0 Å². The van der Waals surface area contributed by atoms with Crippen LogP contribution in [0.15, 0.2) is 22.8 Å². The third kappa shape index (κ3) is 2.31. The van der Waals surface area contributed by atoms with Crippen molar-refractivity contribution in [1.29, 1.82) is 0 Å². The van der Waals surface area contributed by atoms with Crippen molar-refractivity contribution in [2.45, 2.75) is 20.3 Å². The SMILES string of the molecule is Cc1ccc2c(CC(=O)N3CCNCC3)coc2c1C. The van der Waals surface area contributed by atoms with E-state index in [4.69, 9.17) is 4.42 Å². The Morgan fingerprint density at radius 2 is 2.05 bits per heavy atom. The fraction of sp³-hybridized carbons (Fsp3) is 0.438. The van der Waals surface area contributed by atoms with Crippen molar-refractivity contribution >= 4 is 16.9 Å². The zero-order chi connectivity index (χ0) is 14.1. The van der Waals surface area contributed by atoms with Crippen LogP contribution < -0.4 is 5.32 Å². The summed E-state index contributed by atoms with van der Waals surface area (Å²) in [5, 5.41) is 4.33. The first-order valence-electron chi connectivity index (χ1n) is 7.11. The lowest BCUT2D eigenvalue weighted by molar-refractivity contribution is -0.131. The number of carbonyl (C=O) groups is 1. The van der Waals surface area contributed by atoms with E-state index in [1.165, 1.54) is 5.56 Å². The fourth-order valence-corrected chi connectivity index (χ4v) is 2.71. The van der Waals surface area contributed by atoms with Crippen molar-refractivity contribution in [3.05, 3.63) is 35.1 Å². The van der Waals surface area contributed by atoms with Gasteiger partial charge in [-0.05, 0) is 25.0 Å². The minimum Gasteiger partial charge on any atom is -0.464 e. The molecule has 2 aromatic rings. The molecule has 20 heavy (non-hydrogen) atoms. The number of hydrogen-bond donors (Lipinski definition) is 1. The Bertz CT molecular complexity index is 639. The second-order valence-electron chi connectivity index (χ2n) is 5.45. The summed E-state index contributed by atoms with van der Waals surface area (Å²) in [7, 11) is 0. The zero-order valence-electron chi connectivity index (χ0n) is 12.0. The predicted octanol–water partition coefficient (Wildman–Crippen LogP) is 2.02. The normalized spacial score (nSPS) is 15.8. The maximum atomic E-state index is 12.3. The van der Waals surface area contributed by atoms with Crippen LogP contribution in [0.4, 0.5) is 0 Å². The molecule has 1 aliphatic heterocycles. The number of nitrogens with zero attached hydrogens (tertiary/aromatic N) is 1. The number of fused-ring (bicyclic) bond motifs is 1. The van der Waals surface area contributed by atoms with Gasteiger partial charge in [0.1, 0.15) is 5.58 Å². The van der Waals surface area contributed by atoms with Crippen LogP contribution in [0.1, 0.15) is 16.7 Å². The summed E-state index contributed by atoms with van der Waals surface area (Å²) in [4.78, 5) is 14.2. The largest absolute Gasteiger partial charge is 0.464 e. The standard InChI is InChI=1S/C16H20N2O2/c1-11-3-4-14-13(10-20-16(14)12(11)2)9-15(19)18-7-5-17-6-8-18/h3-4,10,17H,5-9H2,1-2H3. The summed E-state index contributed by atoms with van der Waals surface area (Å²) >= 11 is 0. The Labute approximate surface area is 118 Å². The van der Waals surface area contributed by atoms with E-state index in [-0.39, 0.29) is 5.91 Å². The Morgan fingerprint density at radius 1 is 1.30 bits per heavy atom. The van der Waals surface area contributed by atoms with Gasteiger partial charge in [0.2, 0.25) is 5.91 Å². The van der Waals surface area contributed by atoms with Gasteiger partial charge < -0.3 is 14.6 Å². The molecule has 0 spiro atoms. The summed E-state index contributed by atoms with van der Waals surface area (Å²) in [6, 6.07) is 4.15. The van der Waals surface area contributed by atoms with E-state index < -0.39 is 0 Å². The number of rotatable bonds is 2. The summed E-state index contributed by atoms with van der Waals surface area (Å²) < 4.78 is 5.67. The van der Waals surface area contributed by atoms with E-state index in [9.17, 15) is 4.79 Å². The first-order chi connectivity index (χ1) is 9.66. The van der Waals surface area contributed by atoms with E-state index in [0.717, 1.165) is 48.3 Å². The number of aryl methyl sites for hydroxylation is 2. The van der Waals surface area contributed by atoms with Crippen LogP contribution in [0, 0.1) is 13.8 Å². The van der Waals surface area contributed by atoms with Gasteiger partial charge in [-0.25, -0.2) is 0 Å². The molecule has 0 radical (unpaired) electrons. The molecule has 1 aliphatic rings. The molecule has 1 fully saturated rings. The van der Waals surface area contributed by atoms with E-state index >= 15 is 0 Å². The molecule has 2 heterocycles. The van der Waals surface area contributed by atoms with Gasteiger partial charge in [-0.3, -0.25) is 4.79 Å². The number of nitrogens with one attached hydrogen (secondary N) is 1. The molecule has 0 atom stereocenters. The van der Waals surface area contributed by atoms with E-state index in [0.29, 0.717) is 6.42 Å². The van der Waals surface area contributed by atoms with Gasteiger partial charge in [0.15, 0.2) is 0 Å². The van der Waals surface area contributed by atoms with Crippen molar-refractivity contribution in [2.75, 3.05) is 26.2 Å². The molecule has 3 rings (SSSR count). The summed E-state index contributed by atoms with van der Waals surface area (Å²) in [5.74, 6) is 0.187. The highest BCUT2D eigenvalue weighted by Crippen LogP contribution is 2.27. The van der Waals surface area contributed by atoms with Crippen LogP contribution in [0.3, 0.4) is 0 Å². The van der Waals surface area contributed by atoms with Crippen molar-refractivity contribution < 1.29 is 9.21 Å². The molecular formula is C16H20N2O2. The highest BCUT2D eigenvalue weighted by Gasteiger charge is 2.19. The zero-order valence-corrected chi connectivity index (χ0v) is 12.0. The van der Waals surface area contributed by atoms with Gasteiger partial charge in [-0.2, -0.15) is 0 Å². The maximum Gasteiger partial charge on any atom is 0.227 e. The van der Waals surface area contributed by atoms with Crippen LogP contribution in [0.25, 0.3) is 11.0 Å². The predicted molar refractivity (Wildman–Crippen MR) is 78.8 cm³/mol. The number of furan rings is 1. The number of piperazine rings is 1. The number of benzene rings is 1. The van der Waals surface area contributed by atoms with Crippen LogP contribution in [-0.4, -0.2) is 37.0 Å². The van der Waals surface area contributed by atoms with Gasteiger partial charge in [0, 0.05) is 37.1 Å². The molecule has 1 amide bonds. The summed E-state index contributed by atoms with van der Waals surface area (Å²) in [6.45, 7) is 7.50. The number of amides is 1. The van der Waals surface area contributed by atoms with Crippen LogP contribution in [0.5, 0.6) is 0 Å².